The average Bonchev–Trinajstić information content (AvgIpc) is 3.13. The van der Waals surface area contributed by atoms with Crippen LogP contribution in [0.2, 0.25) is 0 Å². The third-order valence-corrected chi connectivity index (χ3v) is 7.00. The first-order chi connectivity index (χ1) is 16.5. The van der Waals surface area contributed by atoms with Crippen molar-refractivity contribution in [2.24, 2.45) is 0 Å². The largest absolute Gasteiger partial charge is 0.493 e. The molecule has 2 fully saturated rings. The Kier molecular flexibility index (Phi) is 7.76. The summed E-state index contributed by atoms with van der Waals surface area (Å²) < 4.78 is 11.2. The minimum absolute atomic E-state index is 0.00447. The molecule has 0 spiro atoms. The predicted octanol–water partition coefficient (Wildman–Crippen LogP) is 5.04. The van der Waals surface area contributed by atoms with Gasteiger partial charge in [0.1, 0.15) is 12.6 Å². The second-order valence-electron chi connectivity index (χ2n) is 9.36. The zero-order valence-electron chi connectivity index (χ0n) is 20.6. The summed E-state index contributed by atoms with van der Waals surface area (Å²) in [4.78, 5) is 31.1. The molecule has 34 heavy (non-hydrogen) atoms. The fourth-order valence-corrected chi connectivity index (χ4v) is 5.15. The molecule has 1 saturated heterocycles. The van der Waals surface area contributed by atoms with Crippen molar-refractivity contribution in [3.05, 3.63) is 59.2 Å². The van der Waals surface area contributed by atoms with E-state index < -0.39 is 6.04 Å². The van der Waals surface area contributed by atoms with Gasteiger partial charge >= 0.3 is 0 Å². The number of hydrogen-bond acceptors (Lipinski definition) is 4. The van der Waals surface area contributed by atoms with Gasteiger partial charge in [-0.05, 0) is 49.9 Å². The fourth-order valence-electron chi connectivity index (χ4n) is 5.15. The Morgan fingerprint density at radius 2 is 1.65 bits per heavy atom. The first-order valence-corrected chi connectivity index (χ1v) is 12.5. The fraction of sp³-hybridized carbons (Fsp3) is 0.500. The van der Waals surface area contributed by atoms with Crippen molar-refractivity contribution in [3.8, 4) is 11.5 Å². The van der Waals surface area contributed by atoms with Crippen LogP contribution in [0, 0.1) is 6.92 Å². The standard InChI is InChI=1S/C28H36N2O4/c1-4-34-24-16-15-22(17-25(24)33-3)27-28(32)29(23-9-7-5-6-8-10-23)19-26(31)30(27)18-21-13-11-20(2)12-14-21/h11-17,23,27H,4-10,18-19H2,1-3H3. The minimum Gasteiger partial charge on any atom is -0.493 e. The zero-order valence-corrected chi connectivity index (χ0v) is 20.6. The average molecular weight is 465 g/mol. The molecule has 0 N–H and O–H groups in total. The van der Waals surface area contributed by atoms with Crippen LogP contribution in [0.15, 0.2) is 42.5 Å². The third kappa shape index (κ3) is 5.21. The lowest BCUT2D eigenvalue weighted by atomic mass is 9.96. The monoisotopic (exact) mass is 464 g/mol. The molecule has 1 heterocycles. The molecule has 2 aromatic rings. The Balaban J connectivity index is 1.71. The summed E-state index contributed by atoms with van der Waals surface area (Å²) in [6.45, 7) is 5.03. The highest BCUT2D eigenvalue weighted by Gasteiger charge is 2.43. The number of nitrogens with zero attached hydrogens (tertiary/aromatic N) is 2. The Labute approximate surface area is 202 Å². The summed E-state index contributed by atoms with van der Waals surface area (Å²) in [7, 11) is 1.59. The number of rotatable bonds is 7. The summed E-state index contributed by atoms with van der Waals surface area (Å²) in [5.41, 5.74) is 2.93. The summed E-state index contributed by atoms with van der Waals surface area (Å²) in [6, 6.07) is 13.2. The second-order valence-corrected chi connectivity index (χ2v) is 9.36. The molecule has 1 aliphatic carbocycles. The number of methoxy groups -OCH3 is 1. The van der Waals surface area contributed by atoms with Gasteiger partial charge < -0.3 is 19.3 Å². The van der Waals surface area contributed by atoms with E-state index >= 15 is 0 Å². The molecule has 1 unspecified atom stereocenters. The first kappa shape index (κ1) is 24.1. The van der Waals surface area contributed by atoms with Crippen molar-refractivity contribution >= 4 is 11.8 Å². The van der Waals surface area contributed by atoms with Crippen LogP contribution < -0.4 is 9.47 Å². The summed E-state index contributed by atoms with van der Waals surface area (Å²) in [6.07, 6.45) is 6.55. The molecular formula is C28H36N2O4. The Hall–Kier alpha value is -3.02. The number of hydrogen-bond donors (Lipinski definition) is 0. The van der Waals surface area contributed by atoms with Gasteiger partial charge in [0, 0.05) is 12.6 Å². The van der Waals surface area contributed by atoms with Crippen LogP contribution in [0.25, 0.3) is 0 Å². The van der Waals surface area contributed by atoms with Gasteiger partial charge in [0.15, 0.2) is 11.5 Å². The van der Waals surface area contributed by atoms with Crippen LogP contribution in [0.5, 0.6) is 11.5 Å². The van der Waals surface area contributed by atoms with Gasteiger partial charge in [0.25, 0.3) is 5.91 Å². The van der Waals surface area contributed by atoms with E-state index in [0.29, 0.717) is 24.7 Å². The van der Waals surface area contributed by atoms with E-state index in [-0.39, 0.29) is 24.4 Å². The van der Waals surface area contributed by atoms with Crippen LogP contribution >= 0.6 is 0 Å². The molecule has 0 aromatic heterocycles. The number of aryl methyl sites for hydroxylation is 1. The van der Waals surface area contributed by atoms with Crippen molar-refractivity contribution in [1.29, 1.82) is 0 Å². The molecule has 182 valence electrons. The molecule has 1 atom stereocenters. The number of benzene rings is 2. The molecule has 1 saturated carbocycles. The van der Waals surface area contributed by atoms with Crippen molar-refractivity contribution in [1.82, 2.24) is 9.80 Å². The van der Waals surface area contributed by atoms with Gasteiger partial charge in [-0.3, -0.25) is 9.59 Å². The first-order valence-electron chi connectivity index (χ1n) is 12.5. The number of amides is 2. The quantitative estimate of drug-likeness (QED) is 0.539. The molecule has 2 aliphatic rings. The van der Waals surface area contributed by atoms with Crippen LogP contribution in [-0.4, -0.2) is 47.9 Å². The number of carbonyl (C=O) groups excluding carboxylic acids is 2. The summed E-state index contributed by atoms with van der Waals surface area (Å²) >= 11 is 0. The molecule has 6 heteroatoms. The topological polar surface area (TPSA) is 59.1 Å². The Morgan fingerprint density at radius 3 is 2.29 bits per heavy atom. The van der Waals surface area contributed by atoms with Crippen LogP contribution in [0.1, 0.15) is 68.2 Å². The molecule has 4 rings (SSSR count). The van der Waals surface area contributed by atoms with E-state index in [1.165, 1.54) is 12.8 Å². The molecule has 2 aromatic carbocycles. The van der Waals surface area contributed by atoms with E-state index in [2.05, 4.69) is 0 Å². The molecule has 0 bridgehead atoms. The molecule has 2 amide bonds. The predicted molar refractivity (Wildman–Crippen MR) is 132 cm³/mol. The summed E-state index contributed by atoms with van der Waals surface area (Å²) in [5, 5.41) is 0. The SMILES string of the molecule is CCOc1ccc(C2C(=O)N(C3CCCCCC3)CC(=O)N2Cc2ccc(C)cc2)cc1OC. The highest BCUT2D eigenvalue weighted by molar-refractivity contribution is 5.96. The molecule has 0 radical (unpaired) electrons. The van der Waals surface area contributed by atoms with E-state index in [1.54, 1.807) is 12.0 Å². The number of ether oxygens (including phenoxy) is 2. The normalized spacial score (nSPS) is 19.8. The zero-order chi connectivity index (χ0) is 24.1. The highest BCUT2D eigenvalue weighted by atomic mass is 16.5. The van der Waals surface area contributed by atoms with Crippen molar-refractivity contribution in [2.75, 3.05) is 20.3 Å². The van der Waals surface area contributed by atoms with Crippen LogP contribution in [0.4, 0.5) is 0 Å². The van der Waals surface area contributed by atoms with Crippen molar-refractivity contribution < 1.29 is 19.1 Å². The molecular weight excluding hydrogens is 428 g/mol. The van der Waals surface area contributed by atoms with Crippen LogP contribution in [0.3, 0.4) is 0 Å². The lowest BCUT2D eigenvalue weighted by molar-refractivity contribution is -0.159. The maximum absolute atomic E-state index is 14.0. The lowest BCUT2D eigenvalue weighted by Gasteiger charge is -2.43. The van der Waals surface area contributed by atoms with Gasteiger partial charge in [0.2, 0.25) is 5.91 Å². The van der Waals surface area contributed by atoms with Gasteiger partial charge in [-0.25, -0.2) is 0 Å². The molecule has 6 nitrogen and oxygen atoms in total. The van der Waals surface area contributed by atoms with Gasteiger partial charge in [-0.15, -0.1) is 0 Å². The lowest BCUT2D eigenvalue weighted by Crippen LogP contribution is -2.57. The maximum atomic E-state index is 14.0. The van der Waals surface area contributed by atoms with Crippen molar-refractivity contribution in [3.63, 3.8) is 0 Å². The maximum Gasteiger partial charge on any atom is 0.250 e. The van der Waals surface area contributed by atoms with Crippen molar-refractivity contribution in [2.45, 2.75) is 71.0 Å². The van der Waals surface area contributed by atoms with Crippen LogP contribution in [-0.2, 0) is 16.1 Å². The number of piperazine rings is 1. The van der Waals surface area contributed by atoms with E-state index in [4.69, 9.17) is 9.47 Å². The highest BCUT2D eigenvalue weighted by Crippen LogP contribution is 2.37. The van der Waals surface area contributed by atoms with Gasteiger partial charge in [0.05, 0.1) is 13.7 Å². The van der Waals surface area contributed by atoms with E-state index in [0.717, 1.165) is 42.4 Å². The van der Waals surface area contributed by atoms with E-state index in [9.17, 15) is 9.59 Å². The second kappa shape index (κ2) is 10.9. The van der Waals surface area contributed by atoms with Gasteiger partial charge in [-0.1, -0.05) is 61.6 Å². The smallest absolute Gasteiger partial charge is 0.250 e. The Morgan fingerprint density at radius 1 is 0.941 bits per heavy atom. The third-order valence-electron chi connectivity index (χ3n) is 7.00. The minimum atomic E-state index is -0.685. The van der Waals surface area contributed by atoms with E-state index in [1.807, 2.05) is 61.2 Å². The van der Waals surface area contributed by atoms with Gasteiger partial charge in [-0.2, -0.15) is 0 Å². The Bertz CT molecular complexity index is 996. The number of carbonyl (C=O) groups is 2. The summed E-state index contributed by atoms with van der Waals surface area (Å²) in [5.74, 6) is 1.20. The molecule has 1 aliphatic heterocycles.